The van der Waals surface area contributed by atoms with E-state index in [1.54, 1.807) is 24.3 Å². The van der Waals surface area contributed by atoms with Gasteiger partial charge in [-0.05, 0) is 42.3 Å². The number of aromatic nitrogens is 4. The molecule has 2 aromatic heterocycles. The van der Waals surface area contributed by atoms with Crippen LogP contribution in [0.15, 0.2) is 48.5 Å². The van der Waals surface area contributed by atoms with Crippen molar-refractivity contribution >= 4 is 16.3 Å². The molecule has 2 aromatic carbocycles. The fourth-order valence-corrected chi connectivity index (χ4v) is 3.38. The second-order valence-corrected chi connectivity index (χ2v) is 6.82. The van der Waals surface area contributed by atoms with Gasteiger partial charge in [0.05, 0.1) is 0 Å². The van der Waals surface area contributed by atoms with Crippen LogP contribution in [0.4, 0.5) is 13.2 Å². The minimum atomic E-state index is -4.60. The summed E-state index contributed by atoms with van der Waals surface area (Å²) in [5.74, 6) is -0.459. The molecule has 0 N–H and O–H groups in total. The van der Waals surface area contributed by atoms with E-state index < -0.39 is 12.0 Å². The molecule has 5 nitrogen and oxygen atoms in total. The smallest absolute Gasteiger partial charge is 0.453 e. The SMILES string of the molecule is Cc1ccccc1COc1ccc(-c2nn3c(C(F)(F)F)nnc3s2)cc1. The maximum absolute atomic E-state index is 12.9. The quantitative estimate of drug-likeness (QED) is 0.504. The first-order chi connectivity index (χ1) is 12.9. The van der Waals surface area contributed by atoms with Gasteiger partial charge in [-0.2, -0.15) is 22.8 Å². The number of alkyl halides is 3. The van der Waals surface area contributed by atoms with E-state index in [1.165, 1.54) is 0 Å². The van der Waals surface area contributed by atoms with Gasteiger partial charge in [-0.25, -0.2) is 0 Å². The average Bonchev–Trinajstić information content (AvgIpc) is 3.21. The Morgan fingerprint density at radius 3 is 2.48 bits per heavy atom. The Morgan fingerprint density at radius 2 is 1.78 bits per heavy atom. The van der Waals surface area contributed by atoms with Gasteiger partial charge >= 0.3 is 6.18 Å². The Labute approximate surface area is 156 Å². The summed E-state index contributed by atoms with van der Waals surface area (Å²) in [5.41, 5.74) is 2.92. The summed E-state index contributed by atoms with van der Waals surface area (Å²) < 4.78 is 45.2. The number of hydrogen-bond acceptors (Lipinski definition) is 5. The van der Waals surface area contributed by atoms with E-state index >= 15 is 0 Å². The van der Waals surface area contributed by atoms with Crippen LogP contribution in [0.2, 0.25) is 0 Å². The zero-order valence-electron chi connectivity index (χ0n) is 14.1. The van der Waals surface area contributed by atoms with Gasteiger partial charge in [-0.15, -0.1) is 10.2 Å². The molecule has 2 heterocycles. The van der Waals surface area contributed by atoms with Crippen molar-refractivity contribution in [2.75, 3.05) is 0 Å². The molecule has 0 atom stereocenters. The highest BCUT2D eigenvalue weighted by atomic mass is 32.1. The Morgan fingerprint density at radius 1 is 1.04 bits per heavy atom. The maximum Gasteiger partial charge on any atom is 0.453 e. The number of aryl methyl sites for hydroxylation is 1. The first-order valence-electron chi connectivity index (χ1n) is 7.99. The predicted octanol–water partition coefficient (Wildman–Crippen LogP) is 4.76. The predicted molar refractivity (Wildman–Crippen MR) is 94.6 cm³/mol. The molecule has 0 aliphatic heterocycles. The molecule has 0 aliphatic rings. The van der Waals surface area contributed by atoms with Crippen LogP contribution < -0.4 is 4.74 Å². The van der Waals surface area contributed by atoms with Crippen molar-refractivity contribution in [2.24, 2.45) is 0 Å². The van der Waals surface area contributed by atoms with Gasteiger partial charge in [-0.1, -0.05) is 35.6 Å². The fraction of sp³-hybridized carbons (Fsp3) is 0.167. The topological polar surface area (TPSA) is 52.3 Å². The van der Waals surface area contributed by atoms with E-state index in [0.29, 0.717) is 22.9 Å². The molecular weight excluding hydrogens is 377 g/mol. The molecule has 0 unspecified atom stereocenters. The average molecular weight is 390 g/mol. The third-order valence-electron chi connectivity index (χ3n) is 4.00. The van der Waals surface area contributed by atoms with E-state index in [-0.39, 0.29) is 4.96 Å². The summed E-state index contributed by atoms with van der Waals surface area (Å²) in [6.45, 7) is 2.46. The second kappa shape index (κ2) is 6.66. The summed E-state index contributed by atoms with van der Waals surface area (Å²) >= 11 is 1.04. The Kier molecular flexibility index (Phi) is 4.31. The van der Waals surface area contributed by atoms with E-state index in [0.717, 1.165) is 27.0 Å². The summed E-state index contributed by atoms with van der Waals surface area (Å²) in [6, 6.07) is 15.0. The first kappa shape index (κ1) is 17.5. The number of nitrogens with zero attached hydrogens (tertiary/aromatic N) is 4. The van der Waals surface area contributed by atoms with E-state index in [1.807, 2.05) is 31.2 Å². The van der Waals surface area contributed by atoms with Gasteiger partial charge in [0.25, 0.3) is 5.82 Å². The van der Waals surface area contributed by atoms with Crippen molar-refractivity contribution in [3.63, 3.8) is 0 Å². The highest BCUT2D eigenvalue weighted by Gasteiger charge is 2.38. The molecule has 0 amide bonds. The molecule has 0 bridgehead atoms. The van der Waals surface area contributed by atoms with E-state index in [4.69, 9.17) is 4.74 Å². The van der Waals surface area contributed by atoms with Crippen molar-refractivity contribution in [3.8, 4) is 16.3 Å². The van der Waals surface area contributed by atoms with Crippen LogP contribution >= 0.6 is 11.3 Å². The van der Waals surface area contributed by atoms with Crippen LogP contribution in [0.3, 0.4) is 0 Å². The normalized spacial score (nSPS) is 11.9. The molecule has 0 saturated carbocycles. The number of hydrogen-bond donors (Lipinski definition) is 0. The summed E-state index contributed by atoms with van der Waals surface area (Å²) in [4.78, 5) is 0.0946. The highest BCUT2D eigenvalue weighted by Crippen LogP contribution is 2.32. The standard InChI is InChI=1S/C18H13F3N4OS/c1-11-4-2-3-5-13(11)10-26-14-8-6-12(7-9-14)15-24-25-16(18(19,20)21)22-23-17(25)27-15/h2-9H,10H2,1H3. The minimum absolute atomic E-state index is 0.0946. The van der Waals surface area contributed by atoms with E-state index in [2.05, 4.69) is 15.3 Å². The molecule has 4 rings (SSSR count). The molecule has 0 saturated heterocycles. The number of halogens is 3. The van der Waals surface area contributed by atoms with Crippen molar-refractivity contribution in [1.29, 1.82) is 0 Å². The molecule has 0 fully saturated rings. The zero-order valence-corrected chi connectivity index (χ0v) is 14.9. The molecule has 4 aromatic rings. The lowest BCUT2D eigenvalue weighted by Crippen LogP contribution is -2.11. The molecule has 9 heteroatoms. The number of ether oxygens (including phenoxy) is 1. The van der Waals surface area contributed by atoms with Crippen LogP contribution in [-0.4, -0.2) is 19.8 Å². The van der Waals surface area contributed by atoms with Crippen molar-refractivity contribution in [2.45, 2.75) is 19.7 Å². The Bertz CT molecular complexity index is 1090. The fourth-order valence-electron chi connectivity index (χ4n) is 2.54. The number of benzene rings is 2. The Hall–Kier alpha value is -2.94. The lowest BCUT2D eigenvalue weighted by Gasteiger charge is -2.08. The van der Waals surface area contributed by atoms with Crippen LogP contribution in [0, 0.1) is 6.92 Å². The van der Waals surface area contributed by atoms with Crippen LogP contribution in [-0.2, 0) is 12.8 Å². The summed E-state index contributed by atoms with van der Waals surface area (Å²) in [7, 11) is 0. The largest absolute Gasteiger partial charge is 0.489 e. The van der Waals surface area contributed by atoms with Crippen LogP contribution in [0.25, 0.3) is 15.5 Å². The van der Waals surface area contributed by atoms with Crippen LogP contribution in [0.5, 0.6) is 5.75 Å². The lowest BCUT2D eigenvalue weighted by molar-refractivity contribution is -0.146. The summed E-state index contributed by atoms with van der Waals surface area (Å²) in [6.07, 6.45) is -4.60. The van der Waals surface area contributed by atoms with E-state index in [9.17, 15) is 13.2 Å². The van der Waals surface area contributed by atoms with Crippen molar-refractivity contribution < 1.29 is 17.9 Å². The van der Waals surface area contributed by atoms with Gasteiger partial charge in [0, 0.05) is 5.56 Å². The number of fused-ring (bicyclic) bond motifs is 1. The molecule has 27 heavy (non-hydrogen) atoms. The maximum atomic E-state index is 12.9. The van der Waals surface area contributed by atoms with Gasteiger partial charge < -0.3 is 4.74 Å². The highest BCUT2D eigenvalue weighted by molar-refractivity contribution is 7.19. The summed E-state index contributed by atoms with van der Waals surface area (Å²) in [5, 5.41) is 11.1. The minimum Gasteiger partial charge on any atom is -0.489 e. The van der Waals surface area contributed by atoms with Crippen molar-refractivity contribution in [1.82, 2.24) is 19.8 Å². The Balaban J connectivity index is 1.53. The third kappa shape index (κ3) is 3.50. The number of rotatable bonds is 4. The molecule has 0 spiro atoms. The molecular formula is C18H13F3N4OS. The van der Waals surface area contributed by atoms with Gasteiger partial charge in [0.1, 0.15) is 17.4 Å². The molecule has 0 radical (unpaired) electrons. The monoisotopic (exact) mass is 390 g/mol. The van der Waals surface area contributed by atoms with Gasteiger partial charge in [0.2, 0.25) is 4.96 Å². The molecule has 0 aliphatic carbocycles. The second-order valence-electron chi connectivity index (χ2n) is 5.86. The van der Waals surface area contributed by atoms with Gasteiger partial charge in [-0.3, -0.25) is 0 Å². The molecule has 138 valence electrons. The zero-order chi connectivity index (χ0) is 19.0. The van der Waals surface area contributed by atoms with Crippen LogP contribution in [0.1, 0.15) is 17.0 Å². The third-order valence-corrected chi connectivity index (χ3v) is 4.95. The lowest BCUT2D eigenvalue weighted by atomic mass is 10.1. The first-order valence-corrected chi connectivity index (χ1v) is 8.80. The van der Waals surface area contributed by atoms with Gasteiger partial charge in [0.15, 0.2) is 0 Å². The van der Waals surface area contributed by atoms with Crippen molar-refractivity contribution in [3.05, 3.63) is 65.5 Å².